The van der Waals surface area contributed by atoms with E-state index in [4.69, 9.17) is 14.6 Å². The summed E-state index contributed by atoms with van der Waals surface area (Å²) < 4.78 is 10.4. The number of aliphatic hydroxyl groups excluding tert-OH is 1. The molecule has 0 aliphatic heterocycles. The topological polar surface area (TPSA) is 67.8 Å². The second-order valence-corrected chi connectivity index (χ2v) is 4.37. The maximum atomic E-state index is 12.2. The summed E-state index contributed by atoms with van der Waals surface area (Å²) >= 11 is 0. The van der Waals surface area contributed by atoms with Crippen molar-refractivity contribution in [3.63, 3.8) is 0 Å². The van der Waals surface area contributed by atoms with Crippen LogP contribution in [-0.4, -0.2) is 38.4 Å². The molecule has 1 aromatic rings. The van der Waals surface area contributed by atoms with Gasteiger partial charge in [-0.2, -0.15) is 0 Å². The smallest absolute Gasteiger partial charge is 0.258 e. The maximum absolute atomic E-state index is 12.2. The van der Waals surface area contributed by atoms with Crippen molar-refractivity contribution in [2.75, 3.05) is 27.4 Å². The molecule has 0 spiro atoms. The van der Waals surface area contributed by atoms with Gasteiger partial charge in [-0.15, -0.1) is 0 Å². The molecule has 1 unspecified atom stereocenters. The molecule has 0 saturated heterocycles. The van der Waals surface area contributed by atoms with E-state index in [0.29, 0.717) is 30.0 Å². The molecule has 1 amide bonds. The third-order valence-electron chi connectivity index (χ3n) is 2.89. The number of carbonyl (C=O) groups excluding carboxylic acids is 1. The summed E-state index contributed by atoms with van der Waals surface area (Å²) in [5.74, 6) is 0.937. The SMILES string of the molecule is COc1cccc(OC)c1C(=O)NCC(C)CCO. The third-order valence-corrected chi connectivity index (χ3v) is 2.89. The van der Waals surface area contributed by atoms with E-state index in [1.165, 1.54) is 14.2 Å². The van der Waals surface area contributed by atoms with Crippen molar-refractivity contribution < 1.29 is 19.4 Å². The standard InChI is InChI=1S/C14H21NO4/c1-10(7-8-16)9-15-14(17)13-11(18-2)5-4-6-12(13)19-3/h4-6,10,16H,7-9H2,1-3H3,(H,15,17). The number of benzene rings is 1. The van der Waals surface area contributed by atoms with Gasteiger partial charge in [0.05, 0.1) is 14.2 Å². The molecule has 5 nitrogen and oxygen atoms in total. The molecule has 1 atom stereocenters. The summed E-state index contributed by atoms with van der Waals surface area (Å²) in [5, 5.41) is 11.7. The Balaban J connectivity index is 2.81. The largest absolute Gasteiger partial charge is 0.496 e. The van der Waals surface area contributed by atoms with Crippen LogP contribution in [0, 0.1) is 5.92 Å². The molecule has 0 aliphatic rings. The van der Waals surface area contributed by atoms with Gasteiger partial charge in [0.15, 0.2) is 0 Å². The number of ether oxygens (including phenoxy) is 2. The molecule has 0 heterocycles. The van der Waals surface area contributed by atoms with Gasteiger partial charge in [0.1, 0.15) is 17.1 Å². The summed E-state index contributed by atoms with van der Waals surface area (Å²) in [7, 11) is 3.03. The Morgan fingerprint density at radius 3 is 2.37 bits per heavy atom. The maximum Gasteiger partial charge on any atom is 0.258 e. The van der Waals surface area contributed by atoms with Crippen molar-refractivity contribution in [1.29, 1.82) is 0 Å². The molecule has 5 heteroatoms. The number of carbonyl (C=O) groups is 1. The molecular weight excluding hydrogens is 246 g/mol. The fraction of sp³-hybridized carbons (Fsp3) is 0.500. The lowest BCUT2D eigenvalue weighted by Gasteiger charge is -2.15. The van der Waals surface area contributed by atoms with Crippen molar-refractivity contribution in [2.24, 2.45) is 5.92 Å². The van der Waals surface area contributed by atoms with Crippen molar-refractivity contribution in [2.45, 2.75) is 13.3 Å². The lowest BCUT2D eigenvalue weighted by molar-refractivity contribution is 0.0939. The quantitative estimate of drug-likeness (QED) is 0.784. The third kappa shape index (κ3) is 4.13. The summed E-state index contributed by atoms with van der Waals surface area (Å²) in [5.41, 5.74) is 0.392. The Hall–Kier alpha value is -1.75. The van der Waals surface area contributed by atoms with Crippen molar-refractivity contribution in [3.05, 3.63) is 23.8 Å². The van der Waals surface area contributed by atoms with Crippen LogP contribution in [0.3, 0.4) is 0 Å². The van der Waals surface area contributed by atoms with E-state index in [9.17, 15) is 4.79 Å². The van der Waals surface area contributed by atoms with Crippen LogP contribution < -0.4 is 14.8 Å². The number of amides is 1. The van der Waals surface area contributed by atoms with E-state index in [1.807, 2.05) is 6.92 Å². The van der Waals surface area contributed by atoms with Crippen molar-refractivity contribution in [1.82, 2.24) is 5.32 Å². The number of aliphatic hydroxyl groups is 1. The van der Waals surface area contributed by atoms with Gasteiger partial charge in [-0.25, -0.2) is 0 Å². The molecular formula is C14H21NO4. The highest BCUT2D eigenvalue weighted by Crippen LogP contribution is 2.27. The Bertz CT molecular complexity index is 398. The Morgan fingerprint density at radius 2 is 1.89 bits per heavy atom. The molecule has 0 fully saturated rings. The summed E-state index contributed by atoms with van der Waals surface area (Å²) in [4.78, 5) is 12.2. The fourth-order valence-electron chi connectivity index (χ4n) is 1.75. The second kappa shape index (κ2) is 7.63. The summed E-state index contributed by atoms with van der Waals surface area (Å²) in [6.45, 7) is 2.59. The molecule has 0 aromatic heterocycles. The predicted molar refractivity (Wildman–Crippen MR) is 72.7 cm³/mol. The van der Waals surface area contributed by atoms with Gasteiger partial charge in [-0.3, -0.25) is 4.79 Å². The van der Waals surface area contributed by atoms with E-state index in [0.717, 1.165) is 0 Å². The Kier molecular flexibility index (Phi) is 6.15. The van der Waals surface area contributed by atoms with Gasteiger partial charge in [0.2, 0.25) is 0 Å². The highest BCUT2D eigenvalue weighted by molar-refractivity contribution is 5.99. The Morgan fingerprint density at radius 1 is 1.32 bits per heavy atom. The number of nitrogens with one attached hydrogen (secondary N) is 1. The van der Waals surface area contributed by atoms with Gasteiger partial charge in [-0.1, -0.05) is 13.0 Å². The summed E-state index contributed by atoms with van der Waals surface area (Å²) in [6, 6.07) is 5.20. The van der Waals surface area contributed by atoms with Gasteiger partial charge < -0.3 is 19.9 Å². The highest BCUT2D eigenvalue weighted by atomic mass is 16.5. The monoisotopic (exact) mass is 267 g/mol. The predicted octanol–water partition coefficient (Wildman–Crippen LogP) is 1.45. The average molecular weight is 267 g/mol. The van der Waals surface area contributed by atoms with Gasteiger partial charge in [0, 0.05) is 13.2 Å². The average Bonchev–Trinajstić information content (AvgIpc) is 2.44. The zero-order valence-electron chi connectivity index (χ0n) is 11.6. The minimum absolute atomic E-state index is 0.120. The van der Waals surface area contributed by atoms with E-state index >= 15 is 0 Å². The van der Waals surface area contributed by atoms with Gasteiger partial charge in [-0.05, 0) is 24.5 Å². The molecule has 19 heavy (non-hydrogen) atoms. The number of hydrogen-bond acceptors (Lipinski definition) is 4. The lowest BCUT2D eigenvalue weighted by Crippen LogP contribution is -2.29. The molecule has 0 radical (unpaired) electrons. The van der Waals surface area contributed by atoms with Crippen LogP contribution in [0.4, 0.5) is 0 Å². The second-order valence-electron chi connectivity index (χ2n) is 4.37. The van der Waals surface area contributed by atoms with Crippen LogP contribution in [-0.2, 0) is 0 Å². The minimum Gasteiger partial charge on any atom is -0.496 e. The van der Waals surface area contributed by atoms with E-state index in [1.54, 1.807) is 18.2 Å². The van der Waals surface area contributed by atoms with Crippen LogP contribution in [0.15, 0.2) is 18.2 Å². The first kappa shape index (κ1) is 15.3. The fourth-order valence-corrected chi connectivity index (χ4v) is 1.75. The first-order valence-corrected chi connectivity index (χ1v) is 6.24. The first-order chi connectivity index (χ1) is 9.13. The van der Waals surface area contributed by atoms with Crippen molar-refractivity contribution >= 4 is 5.91 Å². The molecule has 106 valence electrons. The minimum atomic E-state index is -0.237. The number of hydrogen-bond donors (Lipinski definition) is 2. The lowest BCUT2D eigenvalue weighted by atomic mass is 10.1. The molecule has 0 aliphatic carbocycles. The van der Waals surface area contributed by atoms with Crippen LogP contribution >= 0.6 is 0 Å². The summed E-state index contributed by atoms with van der Waals surface area (Å²) in [6.07, 6.45) is 0.656. The molecule has 0 bridgehead atoms. The highest BCUT2D eigenvalue weighted by Gasteiger charge is 2.18. The van der Waals surface area contributed by atoms with Crippen molar-refractivity contribution in [3.8, 4) is 11.5 Å². The number of rotatable bonds is 7. The molecule has 2 N–H and O–H groups in total. The number of methoxy groups -OCH3 is 2. The van der Waals surface area contributed by atoms with Crippen LogP contribution in [0.25, 0.3) is 0 Å². The van der Waals surface area contributed by atoms with Crippen LogP contribution in [0.1, 0.15) is 23.7 Å². The van der Waals surface area contributed by atoms with Crippen LogP contribution in [0.2, 0.25) is 0 Å². The van der Waals surface area contributed by atoms with E-state index in [-0.39, 0.29) is 18.4 Å². The molecule has 0 saturated carbocycles. The van der Waals surface area contributed by atoms with E-state index in [2.05, 4.69) is 5.32 Å². The Labute approximate surface area is 113 Å². The zero-order valence-corrected chi connectivity index (χ0v) is 11.6. The first-order valence-electron chi connectivity index (χ1n) is 6.24. The van der Waals surface area contributed by atoms with E-state index < -0.39 is 0 Å². The zero-order chi connectivity index (χ0) is 14.3. The molecule has 1 rings (SSSR count). The normalized spacial score (nSPS) is 11.8. The molecule has 1 aromatic carbocycles. The van der Waals surface area contributed by atoms with Gasteiger partial charge in [0.25, 0.3) is 5.91 Å². The van der Waals surface area contributed by atoms with Gasteiger partial charge >= 0.3 is 0 Å². The van der Waals surface area contributed by atoms with Crippen LogP contribution in [0.5, 0.6) is 11.5 Å².